The van der Waals surface area contributed by atoms with E-state index in [-0.39, 0.29) is 17.2 Å². The maximum atomic E-state index is 10.9. The third-order valence-corrected chi connectivity index (χ3v) is 1.97. The SMILES string of the molecule is COc1cccc(OCCCN)c1[N+](=O)[O-]. The minimum atomic E-state index is -0.517. The number of methoxy groups -OCH3 is 1. The summed E-state index contributed by atoms with van der Waals surface area (Å²) in [6.45, 7) is 0.836. The van der Waals surface area contributed by atoms with Crippen molar-refractivity contribution in [3.63, 3.8) is 0 Å². The number of nitrogens with zero attached hydrogens (tertiary/aromatic N) is 1. The molecule has 0 aliphatic heterocycles. The molecule has 0 amide bonds. The summed E-state index contributed by atoms with van der Waals surface area (Å²) in [6.07, 6.45) is 0.647. The molecule has 6 heteroatoms. The molecule has 16 heavy (non-hydrogen) atoms. The Labute approximate surface area is 93.1 Å². The Morgan fingerprint density at radius 1 is 1.44 bits per heavy atom. The molecule has 0 fully saturated rings. The van der Waals surface area contributed by atoms with Crippen molar-refractivity contribution in [3.8, 4) is 11.5 Å². The van der Waals surface area contributed by atoms with E-state index in [1.807, 2.05) is 0 Å². The van der Waals surface area contributed by atoms with Crippen LogP contribution >= 0.6 is 0 Å². The van der Waals surface area contributed by atoms with Gasteiger partial charge >= 0.3 is 5.69 Å². The van der Waals surface area contributed by atoms with Gasteiger partial charge in [0.25, 0.3) is 0 Å². The lowest BCUT2D eigenvalue weighted by atomic mass is 10.2. The molecule has 0 heterocycles. The van der Waals surface area contributed by atoms with Crippen molar-refractivity contribution in [2.75, 3.05) is 20.3 Å². The summed E-state index contributed by atoms with van der Waals surface area (Å²) in [7, 11) is 1.38. The van der Waals surface area contributed by atoms with E-state index in [4.69, 9.17) is 15.2 Å². The summed E-state index contributed by atoms with van der Waals surface area (Å²) in [5.74, 6) is 0.396. The van der Waals surface area contributed by atoms with Gasteiger partial charge in [0.15, 0.2) is 0 Å². The molecule has 1 aromatic carbocycles. The van der Waals surface area contributed by atoms with Gasteiger partial charge in [-0.15, -0.1) is 0 Å². The molecule has 0 saturated carbocycles. The zero-order valence-electron chi connectivity index (χ0n) is 9.01. The number of benzene rings is 1. The minimum Gasteiger partial charge on any atom is -0.490 e. The van der Waals surface area contributed by atoms with Gasteiger partial charge < -0.3 is 15.2 Å². The zero-order valence-corrected chi connectivity index (χ0v) is 9.01. The topological polar surface area (TPSA) is 87.6 Å². The average Bonchev–Trinajstić information content (AvgIpc) is 2.28. The predicted octanol–water partition coefficient (Wildman–Crippen LogP) is 1.33. The first-order valence-electron chi connectivity index (χ1n) is 4.85. The Bertz CT molecular complexity index is 368. The fourth-order valence-corrected chi connectivity index (χ4v) is 1.23. The van der Waals surface area contributed by atoms with E-state index in [2.05, 4.69) is 0 Å². The maximum absolute atomic E-state index is 10.9. The fraction of sp³-hybridized carbons (Fsp3) is 0.400. The summed E-state index contributed by atoms with van der Waals surface area (Å²) in [5.41, 5.74) is 5.16. The number of para-hydroxylation sites is 1. The maximum Gasteiger partial charge on any atom is 0.352 e. The van der Waals surface area contributed by atoms with Gasteiger partial charge in [0.2, 0.25) is 11.5 Å². The normalized spacial score (nSPS) is 9.88. The van der Waals surface area contributed by atoms with Gasteiger partial charge in [-0.3, -0.25) is 10.1 Å². The van der Waals surface area contributed by atoms with Crippen LogP contribution in [0.15, 0.2) is 18.2 Å². The third kappa shape index (κ3) is 2.83. The van der Waals surface area contributed by atoms with Crippen LogP contribution in [-0.2, 0) is 0 Å². The Balaban J connectivity index is 2.93. The van der Waals surface area contributed by atoms with E-state index in [0.29, 0.717) is 19.6 Å². The van der Waals surface area contributed by atoms with Crippen LogP contribution in [0.2, 0.25) is 0 Å². The molecular formula is C10H14N2O4. The standard InChI is InChI=1S/C10H14N2O4/c1-15-8-4-2-5-9(10(8)12(13)14)16-7-3-6-11/h2,4-5H,3,6-7,11H2,1H3. The lowest BCUT2D eigenvalue weighted by molar-refractivity contribution is -0.386. The van der Waals surface area contributed by atoms with Crippen LogP contribution in [0.3, 0.4) is 0 Å². The molecule has 2 N–H and O–H groups in total. The Kier molecular flexibility index (Phi) is 4.53. The van der Waals surface area contributed by atoms with Crippen molar-refractivity contribution in [2.45, 2.75) is 6.42 Å². The number of hydrogen-bond acceptors (Lipinski definition) is 5. The van der Waals surface area contributed by atoms with Crippen LogP contribution in [0, 0.1) is 10.1 Å². The van der Waals surface area contributed by atoms with Crippen molar-refractivity contribution in [1.82, 2.24) is 0 Å². The number of nitrogens with two attached hydrogens (primary N) is 1. The van der Waals surface area contributed by atoms with Crippen LogP contribution in [0.4, 0.5) is 5.69 Å². The number of rotatable bonds is 6. The molecule has 0 atom stereocenters. The van der Waals surface area contributed by atoms with E-state index < -0.39 is 4.92 Å². The summed E-state index contributed by atoms with van der Waals surface area (Å²) in [5, 5.41) is 10.9. The Morgan fingerprint density at radius 3 is 2.69 bits per heavy atom. The Morgan fingerprint density at radius 2 is 2.12 bits per heavy atom. The number of nitro benzene ring substituents is 1. The lowest BCUT2D eigenvalue weighted by Crippen LogP contribution is -2.07. The van der Waals surface area contributed by atoms with Gasteiger partial charge in [0, 0.05) is 0 Å². The fourth-order valence-electron chi connectivity index (χ4n) is 1.23. The highest BCUT2D eigenvalue weighted by Gasteiger charge is 2.21. The Hall–Kier alpha value is -1.82. The number of nitro groups is 1. The zero-order chi connectivity index (χ0) is 12.0. The molecule has 0 aliphatic rings. The second-order valence-corrected chi connectivity index (χ2v) is 3.05. The monoisotopic (exact) mass is 226 g/mol. The molecule has 0 radical (unpaired) electrons. The first kappa shape index (κ1) is 12.3. The highest BCUT2D eigenvalue weighted by Crippen LogP contribution is 2.36. The first-order valence-corrected chi connectivity index (χ1v) is 4.85. The molecule has 1 aromatic rings. The second-order valence-electron chi connectivity index (χ2n) is 3.05. The van der Waals surface area contributed by atoms with E-state index in [0.717, 1.165) is 0 Å². The van der Waals surface area contributed by atoms with Gasteiger partial charge in [-0.2, -0.15) is 0 Å². The highest BCUT2D eigenvalue weighted by atomic mass is 16.6. The summed E-state index contributed by atoms with van der Waals surface area (Å²) >= 11 is 0. The largest absolute Gasteiger partial charge is 0.490 e. The van der Waals surface area contributed by atoms with Crippen molar-refractivity contribution in [3.05, 3.63) is 28.3 Å². The second kappa shape index (κ2) is 5.92. The lowest BCUT2D eigenvalue weighted by Gasteiger charge is -2.08. The van der Waals surface area contributed by atoms with E-state index in [1.165, 1.54) is 19.2 Å². The molecule has 0 aromatic heterocycles. The molecule has 0 spiro atoms. The summed E-state index contributed by atoms with van der Waals surface area (Å²) in [6, 6.07) is 4.70. The van der Waals surface area contributed by atoms with Crippen LogP contribution in [0.25, 0.3) is 0 Å². The van der Waals surface area contributed by atoms with Crippen LogP contribution in [0.1, 0.15) is 6.42 Å². The quantitative estimate of drug-likeness (QED) is 0.449. The van der Waals surface area contributed by atoms with Gasteiger partial charge in [-0.05, 0) is 25.1 Å². The van der Waals surface area contributed by atoms with Crippen molar-refractivity contribution >= 4 is 5.69 Å². The smallest absolute Gasteiger partial charge is 0.352 e. The molecule has 1 rings (SSSR count). The predicted molar refractivity (Wildman–Crippen MR) is 58.8 cm³/mol. The van der Waals surface area contributed by atoms with Crippen LogP contribution in [-0.4, -0.2) is 25.2 Å². The first-order chi connectivity index (χ1) is 7.70. The van der Waals surface area contributed by atoms with Gasteiger partial charge in [0.1, 0.15) is 0 Å². The molecule has 88 valence electrons. The molecule has 6 nitrogen and oxygen atoms in total. The summed E-state index contributed by atoms with van der Waals surface area (Å²) < 4.78 is 10.2. The minimum absolute atomic E-state index is 0.151. The molecule has 0 unspecified atom stereocenters. The molecule has 0 saturated heterocycles. The van der Waals surface area contributed by atoms with Crippen molar-refractivity contribution < 1.29 is 14.4 Å². The molecule has 0 aliphatic carbocycles. The van der Waals surface area contributed by atoms with Gasteiger partial charge in [-0.25, -0.2) is 0 Å². The van der Waals surface area contributed by atoms with Gasteiger partial charge in [0.05, 0.1) is 18.6 Å². The highest BCUT2D eigenvalue weighted by molar-refractivity contribution is 5.57. The molecular weight excluding hydrogens is 212 g/mol. The van der Waals surface area contributed by atoms with Crippen LogP contribution < -0.4 is 15.2 Å². The van der Waals surface area contributed by atoms with E-state index >= 15 is 0 Å². The van der Waals surface area contributed by atoms with E-state index in [1.54, 1.807) is 6.07 Å². The van der Waals surface area contributed by atoms with Crippen LogP contribution in [0.5, 0.6) is 11.5 Å². The van der Waals surface area contributed by atoms with Crippen molar-refractivity contribution in [1.29, 1.82) is 0 Å². The van der Waals surface area contributed by atoms with E-state index in [9.17, 15) is 10.1 Å². The third-order valence-electron chi connectivity index (χ3n) is 1.97. The average molecular weight is 226 g/mol. The number of ether oxygens (including phenoxy) is 2. The summed E-state index contributed by atoms with van der Waals surface area (Å²) in [4.78, 5) is 10.3. The number of hydrogen-bond donors (Lipinski definition) is 1. The van der Waals surface area contributed by atoms with Gasteiger partial charge in [-0.1, -0.05) is 6.07 Å². The molecule has 0 bridgehead atoms. The van der Waals surface area contributed by atoms with Crippen molar-refractivity contribution in [2.24, 2.45) is 5.73 Å².